The van der Waals surface area contributed by atoms with Crippen LogP contribution in [0.15, 0.2) is 48.5 Å². The highest BCUT2D eigenvalue weighted by atomic mass is 35.5. The SMILES string of the molecule is COc1ccccc1C=CC(=O)NC(=S)Nc1cc(Cl)ccc1O. The first-order valence-corrected chi connectivity index (χ1v) is 7.70. The molecule has 0 fully saturated rings. The van der Waals surface area contributed by atoms with E-state index in [2.05, 4.69) is 10.6 Å². The topological polar surface area (TPSA) is 70.6 Å². The van der Waals surface area contributed by atoms with Crippen LogP contribution in [0.2, 0.25) is 5.02 Å². The second-order valence-corrected chi connectivity index (χ2v) is 5.52. The number of hydrogen-bond donors (Lipinski definition) is 3. The molecule has 124 valence electrons. The van der Waals surface area contributed by atoms with Gasteiger partial charge in [0, 0.05) is 16.7 Å². The van der Waals surface area contributed by atoms with Gasteiger partial charge in [-0.3, -0.25) is 10.1 Å². The predicted molar refractivity (Wildman–Crippen MR) is 99.5 cm³/mol. The molecule has 0 unspecified atom stereocenters. The van der Waals surface area contributed by atoms with Crippen molar-refractivity contribution < 1.29 is 14.6 Å². The Morgan fingerprint density at radius 1 is 1.29 bits per heavy atom. The summed E-state index contributed by atoms with van der Waals surface area (Å²) in [6, 6.07) is 11.8. The number of para-hydroxylation sites is 1. The molecule has 0 spiro atoms. The summed E-state index contributed by atoms with van der Waals surface area (Å²) >= 11 is 10.9. The largest absolute Gasteiger partial charge is 0.506 e. The summed E-state index contributed by atoms with van der Waals surface area (Å²) in [4.78, 5) is 11.9. The van der Waals surface area contributed by atoms with Crippen molar-refractivity contribution in [1.29, 1.82) is 0 Å². The summed E-state index contributed by atoms with van der Waals surface area (Å²) in [5.74, 6) is 0.214. The Labute approximate surface area is 149 Å². The fraction of sp³-hybridized carbons (Fsp3) is 0.0588. The number of ether oxygens (including phenoxy) is 1. The number of benzene rings is 2. The molecule has 0 aromatic heterocycles. The Bertz CT molecular complexity index is 793. The molecule has 0 saturated carbocycles. The Balaban J connectivity index is 1.98. The number of phenolic OH excluding ortho intramolecular Hbond substituents is 1. The minimum absolute atomic E-state index is 0.0273. The summed E-state index contributed by atoms with van der Waals surface area (Å²) in [6.07, 6.45) is 2.96. The molecule has 2 aromatic carbocycles. The van der Waals surface area contributed by atoms with Crippen LogP contribution in [-0.4, -0.2) is 23.2 Å². The molecule has 0 aliphatic heterocycles. The van der Waals surface area contributed by atoms with E-state index in [1.165, 1.54) is 18.2 Å². The highest BCUT2D eigenvalue weighted by Crippen LogP contribution is 2.26. The van der Waals surface area contributed by atoms with Crippen LogP contribution in [0, 0.1) is 0 Å². The molecule has 0 aliphatic rings. The van der Waals surface area contributed by atoms with Crippen molar-refractivity contribution in [1.82, 2.24) is 5.32 Å². The maximum absolute atomic E-state index is 11.9. The van der Waals surface area contributed by atoms with Crippen molar-refractivity contribution in [2.75, 3.05) is 12.4 Å². The lowest BCUT2D eigenvalue weighted by Gasteiger charge is -2.10. The summed E-state index contributed by atoms with van der Waals surface area (Å²) in [5.41, 5.74) is 1.07. The molecular weight excluding hydrogens is 348 g/mol. The molecule has 2 rings (SSSR count). The van der Waals surface area contributed by atoms with Crippen LogP contribution in [0.4, 0.5) is 5.69 Å². The number of phenols is 1. The quantitative estimate of drug-likeness (QED) is 0.440. The average molecular weight is 363 g/mol. The van der Waals surface area contributed by atoms with Crippen molar-refractivity contribution in [3.05, 3.63) is 59.1 Å². The number of carbonyl (C=O) groups excluding carboxylic acids is 1. The van der Waals surface area contributed by atoms with Gasteiger partial charge in [-0.1, -0.05) is 29.8 Å². The van der Waals surface area contributed by atoms with Crippen molar-refractivity contribution in [3.63, 3.8) is 0 Å². The van der Waals surface area contributed by atoms with Crippen molar-refractivity contribution in [3.8, 4) is 11.5 Å². The number of amides is 1. The second kappa shape index (κ2) is 8.33. The Hall–Kier alpha value is -2.57. The summed E-state index contributed by atoms with van der Waals surface area (Å²) in [5, 5.41) is 15.4. The molecule has 7 heteroatoms. The van der Waals surface area contributed by atoms with Crippen LogP contribution in [0.5, 0.6) is 11.5 Å². The number of thiocarbonyl (C=S) groups is 1. The number of nitrogens with one attached hydrogen (secondary N) is 2. The highest BCUT2D eigenvalue weighted by molar-refractivity contribution is 7.80. The second-order valence-electron chi connectivity index (χ2n) is 4.68. The lowest BCUT2D eigenvalue weighted by atomic mass is 10.2. The summed E-state index contributed by atoms with van der Waals surface area (Å²) < 4.78 is 5.20. The molecule has 0 aliphatic carbocycles. The van der Waals surface area contributed by atoms with E-state index >= 15 is 0 Å². The van der Waals surface area contributed by atoms with Gasteiger partial charge >= 0.3 is 0 Å². The van der Waals surface area contributed by atoms with Crippen molar-refractivity contribution in [2.45, 2.75) is 0 Å². The van der Waals surface area contributed by atoms with E-state index in [-0.39, 0.29) is 10.9 Å². The van der Waals surface area contributed by atoms with Gasteiger partial charge in [0.15, 0.2) is 5.11 Å². The van der Waals surface area contributed by atoms with Crippen LogP contribution >= 0.6 is 23.8 Å². The van der Waals surface area contributed by atoms with Gasteiger partial charge < -0.3 is 15.2 Å². The molecular formula is C17H15ClN2O3S. The Morgan fingerprint density at radius 3 is 2.79 bits per heavy atom. The fourth-order valence-corrected chi connectivity index (χ4v) is 2.27. The highest BCUT2D eigenvalue weighted by Gasteiger charge is 2.06. The predicted octanol–water partition coefficient (Wildman–Crippen LogP) is 3.58. The summed E-state index contributed by atoms with van der Waals surface area (Å²) in [6.45, 7) is 0. The lowest BCUT2D eigenvalue weighted by Crippen LogP contribution is -2.32. The number of carbonyl (C=O) groups is 1. The first kappa shape index (κ1) is 17.8. The van der Waals surface area contributed by atoms with Gasteiger partial charge in [-0.05, 0) is 42.6 Å². The number of aromatic hydroxyl groups is 1. The number of halogens is 1. The number of hydrogen-bond acceptors (Lipinski definition) is 4. The van der Waals surface area contributed by atoms with Gasteiger partial charge in [0.05, 0.1) is 12.8 Å². The molecule has 0 bridgehead atoms. The van der Waals surface area contributed by atoms with E-state index in [0.717, 1.165) is 5.56 Å². The van der Waals surface area contributed by atoms with E-state index in [9.17, 15) is 9.90 Å². The van der Waals surface area contributed by atoms with Gasteiger partial charge in [-0.25, -0.2) is 0 Å². The maximum Gasteiger partial charge on any atom is 0.250 e. The first-order chi connectivity index (χ1) is 11.5. The zero-order chi connectivity index (χ0) is 17.5. The van der Waals surface area contributed by atoms with Gasteiger partial charge in [0.1, 0.15) is 11.5 Å². The number of methoxy groups -OCH3 is 1. The van der Waals surface area contributed by atoms with Gasteiger partial charge in [-0.15, -0.1) is 0 Å². The maximum atomic E-state index is 11.9. The molecule has 0 atom stereocenters. The lowest BCUT2D eigenvalue weighted by molar-refractivity contribution is -0.115. The molecule has 1 amide bonds. The molecule has 0 radical (unpaired) electrons. The standard InChI is InChI=1S/C17H15ClN2O3S/c1-23-15-5-3-2-4-11(15)6-9-16(22)20-17(24)19-13-10-12(18)7-8-14(13)21/h2-10,21H,1H3,(H2,19,20,22,24). The molecule has 5 nitrogen and oxygen atoms in total. The third-order valence-electron chi connectivity index (χ3n) is 3.00. The van der Waals surface area contributed by atoms with Crippen LogP contribution in [-0.2, 0) is 4.79 Å². The number of rotatable bonds is 4. The zero-order valence-corrected chi connectivity index (χ0v) is 14.3. The summed E-state index contributed by atoms with van der Waals surface area (Å²) in [7, 11) is 1.56. The van der Waals surface area contributed by atoms with E-state index in [0.29, 0.717) is 16.5 Å². The smallest absolute Gasteiger partial charge is 0.250 e. The molecule has 3 N–H and O–H groups in total. The van der Waals surface area contributed by atoms with Gasteiger partial charge in [0.25, 0.3) is 0 Å². The fourth-order valence-electron chi connectivity index (χ4n) is 1.89. The monoisotopic (exact) mass is 362 g/mol. The van der Waals surface area contributed by atoms with Crippen LogP contribution < -0.4 is 15.4 Å². The van der Waals surface area contributed by atoms with E-state index in [4.69, 9.17) is 28.6 Å². The van der Waals surface area contributed by atoms with Crippen molar-refractivity contribution in [2.24, 2.45) is 0 Å². The van der Waals surface area contributed by atoms with E-state index in [1.54, 1.807) is 25.3 Å². The molecule has 24 heavy (non-hydrogen) atoms. The van der Waals surface area contributed by atoms with Gasteiger partial charge in [-0.2, -0.15) is 0 Å². The average Bonchev–Trinajstić information content (AvgIpc) is 2.56. The number of anilines is 1. The van der Waals surface area contributed by atoms with Crippen molar-refractivity contribution >= 4 is 46.6 Å². The Kier molecular flexibility index (Phi) is 6.17. The first-order valence-electron chi connectivity index (χ1n) is 6.91. The third-order valence-corrected chi connectivity index (χ3v) is 3.44. The molecule has 0 saturated heterocycles. The normalized spacial score (nSPS) is 10.4. The molecule has 2 aromatic rings. The van der Waals surface area contributed by atoms with Gasteiger partial charge in [0.2, 0.25) is 5.91 Å². The van der Waals surface area contributed by atoms with Crippen LogP contribution in [0.3, 0.4) is 0 Å². The van der Waals surface area contributed by atoms with Crippen LogP contribution in [0.25, 0.3) is 6.08 Å². The minimum Gasteiger partial charge on any atom is -0.506 e. The zero-order valence-electron chi connectivity index (χ0n) is 12.7. The Morgan fingerprint density at radius 2 is 2.04 bits per heavy atom. The van der Waals surface area contributed by atoms with E-state index in [1.807, 2.05) is 18.2 Å². The minimum atomic E-state index is -0.417. The van der Waals surface area contributed by atoms with Crippen LogP contribution in [0.1, 0.15) is 5.56 Å². The molecule has 0 heterocycles. The van der Waals surface area contributed by atoms with E-state index < -0.39 is 5.91 Å². The third kappa shape index (κ3) is 4.97.